The summed E-state index contributed by atoms with van der Waals surface area (Å²) in [6.07, 6.45) is 0. The maximum absolute atomic E-state index is 13.7. The van der Waals surface area contributed by atoms with Crippen LogP contribution in [0.3, 0.4) is 0 Å². The Morgan fingerprint density at radius 3 is 2.71 bits per heavy atom. The van der Waals surface area contributed by atoms with E-state index < -0.39 is 17.5 Å². The molecule has 6 heteroatoms. The van der Waals surface area contributed by atoms with E-state index in [-0.39, 0.29) is 5.56 Å². The average molecular weight is 304 g/mol. The van der Waals surface area contributed by atoms with E-state index in [0.29, 0.717) is 5.13 Å². The topological polar surface area (TPSA) is 33.2 Å². The molecular weight excluding hydrogens is 294 g/mol. The van der Waals surface area contributed by atoms with Crippen molar-refractivity contribution in [1.29, 1.82) is 0 Å². The highest BCUT2D eigenvalue weighted by atomic mass is 32.1. The Morgan fingerprint density at radius 1 is 1.19 bits per heavy atom. The number of benzene rings is 2. The van der Waals surface area contributed by atoms with Crippen molar-refractivity contribution in [3.63, 3.8) is 0 Å². The zero-order valence-corrected chi connectivity index (χ0v) is 11.8. The van der Waals surface area contributed by atoms with Crippen LogP contribution in [0.15, 0.2) is 42.5 Å². The van der Waals surface area contributed by atoms with Gasteiger partial charge >= 0.3 is 0 Å². The Balaban J connectivity index is 1.99. The van der Waals surface area contributed by atoms with Gasteiger partial charge in [0.05, 0.1) is 15.8 Å². The van der Waals surface area contributed by atoms with E-state index in [1.165, 1.54) is 23.3 Å². The van der Waals surface area contributed by atoms with E-state index in [0.717, 1.165) is 28.4 Å². The third-order valence-electron chi connectivity index (χ3n) is 3.03. The smallest absolute Gasteiger partial charge is 0.262 e. The number of hydrogen-bond acceptors (Lipinski definition) is 3. The van der Waals surface area contributed by atoms with Gasteiger partial charge in [-0.05, 0) is 30.3 Å². The first-order valence-electron chi connectivity index (χ1n) is 6.15. The lowest BCUT2D eigenvalue weighted by Gasteiger charge is -2.14. The summed E-state index contributed by atoms with van der Waals surface area (Å²) in [6, 6.07) is 10.2. The van der Waals surface area contributed by atoms with Crippen LogP contribution in [0.25, 0.3) is 10.2 Å². The minimum Gasteiger partial charge on any atom is -0.287 e. The SMILES string of the molecule is CN(C(=O)c1cc(F)ccc1F)c1nc2ccccc2s1. The van der Waals surface area contributed by atoms with Gasteiger partial charge in [-0.25, -0.2) is 13.8 Å². The van der Waals surface area contributed by atoms with Crippen LogP contribution in [0.1, 0.15) is 10.4 Å². The summed E-state index contributed by atoms with van der Waals surface area (Å²) in [4.78, 5) is 17.8. The predicted molar refractivity (Wildman–Crippen MR) is 78.7 cm³/mol. The fraction of sp³-hybridized carbons (Fsp3) is 0.0667. The number of thiazole rings is 1. The van der Waals surface area contributed by atoms with E-state index in [1.807, 2.05) is 24.3 Å². The molecule has 0 spiro atoms. The van der Waals surface area contributed by atoms with E-state index in [1.54, 1.807) is 0 Å². The summed E-state index contributed by atoms with van der Waals surface area (Å²) < 4.78 is 27.8. The molecule has 0 fully saturated rings. The molecule has 0 unspecified atom stereocenters. The van der Waals surface area contributed by atoms with Crippen molar-refractivity contribution < 1.29 is 13.6 Å². The van der Waals surface area contributed by atoms with Crippen LogP contribution in [0.2, 0.25) is 0 Å². The third-order valence-corrected chi connectivity index (χ3v) is 4.15. The van der Waals surface area contributed by atoms with Gasteiger partial charge in [-0.1, -0.05) is 23.5 Å². The second kappa shape index (κ2) is 5.21. The molecule has 0 saturated heterocycles. The van der Waals surface area contributed by atoms with Gasteiger partial charge < -0.3 is 0 Å². The monoisotopic (exact) mass is 304 g/mol. The second-order valence-electron chi connectivity index (χ2n) is 4.45. The van der Waals surface area contributed by atoms with Gasteiger partial charge in [0.1, 0.15) is 11.6 Å². The first-order valence-corrected chi connectivity index (χ1v) is 6.96. The van der Waals surface area contributed by atoms with Gasteiger partial charge in [-0.15, -0.1) is 0 Å². The van der Waals surface area contributed by atoms with Gasteiger partial charge in [0.25, 0.3) is 5.91 Å². The first kappa shape index (κ1) is 13.6. The molecule has 3 aromatic rings. The zero-order valence-electron chi connectivity index (χ0n) is 11.0. The summed E-state index contributed by atoms with van der Waals surface area (Å²) in [5.41, 5.74) is 0.452. The first-order chi connectivity index (χ1) is 10.1. The van der Waals surface area contributed by atoms with E-state index in [9.17, 15) is 13.6 Å². The highest BCUT2D eigenvalue weighted by Crippen LogP contribution is 2.28. The number of nitrogens with zero attached hydrogens (tertiary/aromatic N) is 2. The number of hydrogen-bond donors (Lipinski definition) is 0. The molecule has 0 aliphatic heterocycles. The van der Waals surface area contributed by atoms with E-state index in [4.69, 9.17) is 0 Å². The number of carbonyl (C=O) groups excluding carboxylic acids is 1. The third kappa shape index (κ3) is 2.50. The molecule has 0 radical (unpaired) electrons. The van der Waals surface area contributed by atoms with Crippen molar-refractivity contribution in [2.24, 2.45) is 0 Å². The van der Waals surface area contributed by atoms with Gasteiger partial charge in [0.15, 0.2) is 5.13 Å². The molecule has 0 aliphatic rings. The molecule has 0 saturated carbocycles. The molecule has 0 aliphatic carbocycles. The minimum atomic E-state index is -0.755. The number of fused-ring (bicyclic) bond motifs is 1. The number of para-hydroxylation sites is 1. The molecule has 3 nitrogen and oxygen atoms in total. The van der Waals surface area contributed by atoms with Crippen molar-refractivity contribution in [3.8, 4) is 0 Å². The van der Waals surface area contributed by atoms with Gasteiger partial charge in [-0.2, -0.15) is 0 Å². The Kier molecular flexibility index (Phi) is 3.39. The second-order valence-corrected chi connectivity index (χ2v) is 5.46. The molecule has 0 atom stereocenters. The molecular formula is C15H10F2N2OS. The maximum atomic E-state index is 13.7. The summed E-state index contributed by atoms with van der Waals surface area (Å²) in [5, 5.41) is 0.435. The Morgan fingerprint density at radius 2 is 1.95 bits per heavy atom. The lowest BCUT2D eigenvalue weighted by Crippen LogP contribution is -2.27. The lowest BCUT2D eigenvalue weighted by molar-refractivity contribution is 0.0988. The number of halogens is 2. The van der Waals surface area contributed by atoms with Crippen LogP contribution in [0.4, 0.5) is 13.9 Å². The van der Waals surface area contributed by atoms with Gasteiger partial charge in [0, 0.05) is 7.05 Å². The number of rotatable bonds is 2. The van der Waals surface area contributed by atoms with Crippen LogP contribution in [0, 0.1) is 11.6 Å². The van der Waals surface area contributed by atoms with Crippen LogP contribution in [0.5, 0.6) is 0 Å². The lowest BCUT2D eigenvalue weighted by atomic mass is 10.2. The standard InChI is InChI=1S/C15H10F2N2OS/c1-19(14(20)10-8-9(16)6-7-11(10)17)15-18-12-4-2-3-5-13(12)21-15/h2-8H,1H3. The minimum absolute atomic E-state index is 0.309. The molecule has 106 valence electrons. The molecule has 0 bridgehead atoms. The van der Waals surface area contributed by atoms with Crippen LogP contribution >= 0.6 is 11.3 Å². The highest BCUT2D eigenvalue weighted by molar-refractivity contribution is 7.22. The fourth-order valence-corrected chi connectivity index (χ4v) is 2.86. The maximum Gasteiger partial charge on any atom is 0.262 e. The molecule has 1 aromatic heterocycles. The van der Waals surface area contributed by atoms with Crippen LogP contribution in [-0.4, -0.2) is 17.9 Å². The van der Waals surface area contributed by atoms with Crippen molar-refractivity contribution >= 4 is 32.6 Å². The van der Waals surface area contributed by atoms with Gasteiger partial charge in [0.2, 0.25) is 0 Å². The van der Waals surface area contributed by atoms with Crippen molar-refractivity contribution in [3.05, 3.63) is 59.7 Å². The molecule has 0 N–H and O–H groups in total. The molecule has 21 heavy (non-hydrogen) atoms. The Bertz CT molecular complexity index is 798. The van der Waals surface area contributed by atoms with Crippen LogP contribution < -0.4 is 4.90 Å². The quantitative estimate of drug-likeness (QED) is 0.720. The predicted octanol–water partition coefficient (Wildman–Crippen LogP) is 3.85. The van der Waals surface area contributed by atoms with Crippen LogP contribution in [-0.2, 0) is 0 Å². The molecule has 3 rings (SSSR count). The number of aromatic nitrogens is 1. The molecule has 1 heterocycles. The Labute approximate surface area is 123 Å². The molecule has 1 amide bonds. The Hall–Kier alpha value is -2.34. The largest absolute Gasteiger partial charge is 0.287 e. The summed E-state index contributed by atoms with van der Waals surface area (Å²) >= 11 is 1.32. The zero-order chi connectivity index (χ0) is 15.0. The molecule has 2 aromatic carbocycles. The fourth-order valence-electron chi connectivity index (χ4n) is 1.93. The summed E-state index contributed by atoms with van der Waals surface area (Å²) in [5.74, 6) is -2.04. The van der Waals surface area contributed by atoms with Crippen molar-refractivity contribution in [2.75, 3.05) is 11.9 Å². The number of amides is 1. The van der Waals surface area contributed by atoms with E-state index in [2.05, 4.69) is 4.98 Å². The number of carbonyl (C=O) groups is 1. The van der Waals surface area contributed by atoms with E-state index >= 15 is 0 Å². The average Bonchev–Trinajstić information content (AvgIpc) is 2.92. The highest BCUT2D eigenvalue weighted by Gasteiger charge is 2.20. The number of anilines is 1. The summed E-state index contributed by atoms with van der Waals surface area (Å²) in [7, 11) is 1.49. The van der Waals surface area contributed by atoms with Crippen molar-refractivity contribution in [1.82, 2.24) is 4.98 Å². The van der Waals surface area contributed by atoms with Gasteiger partial charge in [-0.3, -0.25) is 9.69 Å². The normalized spacial score (nSPS) is 10.8. The summed E-state index contributed by atoms with van der Waals surface area (Å²) in [6.45, 7) is 0. The van der Waals surface area contributed by atoms with Crippen molar-refractivity contribution in [2.45, 2.75) is 0 Å².